The van der Waals surface area contributed by atoms with Crippen LogP contribution in [-0.2, 0) is 4.79 Å². The number of rotatable bonds is 7. The highest BCUT2D eigenvalue weighted by molar-refractivity contribution is 5.94. The molecule has 1 aromatic rings. The molecule has 5 nitrogen and oxygen atoms in total. The molecule has 1 aliphatic heterocycles. The number of nitrogens with one attached hydrogen (secondary N) is 1. The SMILES string of the molecule is Cc1ccc(C(=O)N2CCC(CC(=O)NCCN(C)C3CCCCC3)CC2)cc1. The number of amides is 2. The van der Waals surface area contributed by atoms with Crippen molar-refractivity contribution in [2.45, 2.75) is 64.3 Å². The van der Waals surface area contributed by atoms with E-state index in [2.05, 4.69) is 17.3 Å². The van der Waals surface area contributed by atoms with Gasteiger partial charge in [-0.2, -0.15) is 0 Å². The Morgan fingerprint density at radius 3 is 2.34 bits per heavy atom. The topological polar surface area (TPSA) is 52.7 Å². The van der Waals surface area contributed by atoms with E-state index in [1.165, 1.54) is 32.1 Å². The quantitative estimate of drug-likeness (QED) is 0.762. The summed E-state index contributed by atoms with van der Waals surface area (Å²) in [5.41, 5.74) is 1.92. The first-order valence-electron chi connectivity index (χ1n) is 11.4. The van der Waals surface area contributed by atoms with E-state index < -0.39 is 0 Å². The van der Waals surface area contributed by atoms with E-state index in [1.54, 1.807) is 0 Å². The van der Waals surface area contributed by atoms with Crippen LogP contribution in [0.1, 0.15) is 67.3 Å². The average Bonchev–Trinajstić information content (AvgIpc) is 2.75. The van der Waals surface area contributed by atoms with E-state index in [4.69, 9.17) is 0 Å². The molecule has 1 heterocycles. The lowest BCUT2D eigenvalue weighted by molar-refractivity contribution is -0.122. The molecule has 0 spiro atoms. The van der Waals surface area contributed by atoms with Gasteiger partial charge in [0.25, 0.3) is 5.91 Å². The maximum atomic E-state index is 12.6. The van der Waals surface area contributed by atoms with Crippen LogP contribution in [0.15, 0.2) is 24.3 Å². The van der Waals surface area contributed by atoms with Gasteiger partial charge in [-0.05, 0) is 57.7 Å². The summed E-state index contributed by atoms with van der Waals surface area (Å²) in [7, 11) is 2.18. The summed E-state index contributed by atoms with van der Waals surface area (Å²) >= 11 is 0. The van der Waals surface area contributed by atoms with Crippen LogP contribution in [-0.4, -0.2) is 60.9 Å². The lowest BCUT2D eigenvalue weighted by Gasteiger charge is -2.32. The van der Waals surface area contributed by atoms with Crippen LogP contribution in [0.2, 0.25) is 0 Å². The van der Waals surface area contributed by atoms with E-state index in [0.717, 1.165) is 50.1 Å². The zero-order valence-corrected chi connectivity index (χ0v) is 18.2. The van der Waals surface area contributed by atoms with Crippen molar-refractivity contribution < 1.29 is 9.59 Å². The third-order valence-electron chi connectivity index (χ3n) is 6.66. The van der Waals surface area contributed by atoms with Crippen molar-refractivity contribution in [3.05, 3.63) is 35.4 Å². The minimum absolute atomic E-state index is 0.110. The third-order valence-corrected chi connectivity index (χ3v) is 6.66. The highest BCUT2D eigenvalue weighted by Crippen LogP contribution is 2.23. The van der Waals surface area contributed by atoms with Crippen molar-refractivity contribution >= 4 is 11.8 Å². The Bertz CT molecular complexity index is 659. The van der Waals surface area contributed by atoms with Crippen LogP contribution in [0.3, 0.4) is 0 Å². The molecular formula is C24H37N3O2. The molecule has 0 aromatic heterocycles. The Kier molecular flexibility index (Phi) is 8.10. The van der Waals surface area contributed by atoms with Gasteiger partial charge in [-0.1, -0.05) is 37.0 Å². The van der Waals surface area contributed by atoms with Gasteiger partial charge in [0.05, 0.1) is 0 Å². The van der Waals surface area contributed by atoms with Gasteiger partial charge >= 0.3 is 0 Å². The Hall–Kier alpha value is -1.88. The molecule has 0 bridgehead atoms. The summed E-state index contributed by atoms with van der Waals surface area (Å²) in [5.74, 6) is 0.650. The van der Waals surface area contributed by atoms with Gasteiger partial charge < -0.3 is 15.1 Å². The number of carbonyl (C=O) groups excluding carboxylic acids is 2. The summed E-state index contributed by atoms with van der Waals surface area (Å²) in [6.45, 7) is 5.18. The largest absolute Gasteiger partial charge is 0.355 e. The minimum Gasteiger partial charge on any atom is -0.355 e. The Morgan fingerprint density at radius 1 is 1.03 bits per heavy atom. The number of benzene rings is 1. The molecule has 3 rings (SSSR count). The van der Waals surface area contributed by atoms with Crippen LogP contribution in [0.25, 0.3) is 0 Å². The highest BCUT2D eigenvalue weighted by atomic mass is 16.2. The lowest BCUT2D eigenvalue weighted by atomic mass is 9.92. The Morgan fingerprint density at radius 2 is 1.69 bits per heavy atom. The molecule has 1 saturated carbocycles. The van der Waals surface area contributed by atoms with Crippen molar-refractivity contribution in [3.8, 4) is 0 Å². The number of aryl methyl sites for hydroxylation is 1. The summed E-state index contributed by atoms with van der Waals surface area (Å²) in [6, 6.07) is 8.46. The predicted octanol–water partition coefficient (Wildman–Crippen LogP) is 3.62. The number of carbonyl (C=O) groups is 2. The van der Waals surface area contributed by atoms with Crippen molar-refractivity contribution in [1.82, 2.24) is 15.1 Å². The van der Waals surface area contributed by atoms with Crippen LogP contribution in [0, 0.1) is 12.8 Å². The zero-order valence-electron chi connectivity index (χ0n) is 18.2. The maximum Gasteiger partial charge on any atom is 0.253 e. The molecule has 0 unspecified atom stereocenters. The van der Waals surface area contributed by atoms with Gasteiger partial charge in [-0.15, -0.1) is 0 Å². The van der Waals surface area contributed by atoms with Crippen LogP contribution >= 0.6 is 0 Å². The summed E-state index contributed by atoms with van der Waals surface area (Å²) in [6.07, 6.45) is 9.05. The molecule has 29 heavy (non-hydrogen) atoms. The van der Waals surface area contributed by atoms with Gasteiger partial charge in [0.2, 0.25) is 5.91 Å². The maximum absolute atomic E-state index is 12.6. The number of hydrogen-bond acceptors (Lipinski definition) is 3. The minimum atomic E-state index is 0.110. The van der Waals surface area contributed by atoms with E-state index in [-0.39, 0.29) is 11.8 Å². The normalized spacial score (nSPS) is 18.8. The molecular weight excluding hydrogens is 362 g/mol. The first-order valence-corrected chi connectivity index (χ1v) is 11.4. The fourth-order valence-electron chi connectivity index (χ4n) is 4.63. The van der Waals surface area contributed by atoms with Gasteiger partial charge in [-0.25, -0.2) is 0 Å². The van der Waals surface area contributed by atoms with Gasteiger partial charge in [0.15, 0.2) is 0 Å². The van der Waals surface area contributed by atoms with Crippen LogP contribution in [0.4, 0.5) is 0 Å². The summed E-state index contributed by atoms with van der Waals surface area (Å²) in [4.78, 5) is 29.3. The molecule has 1 aliphatic carbocycles. The molecule has 160 valence electrons. The Balaban J connectivity index is 1.33. The number of likely N-dealkylation sites (tertiary alicyclic amines) is 1. The van der Waals surface area contributed by atoms with Crippen LogP contribution in [0.5, 0.6) is 0 Å². The zero-order chi connectivity index (χ0) is 20.6. The second-order valence-corrected chi connectivity index (χ2v) is 8.93. The Labute approximate surface area is 175 Å². The lowest BCUT2D eigenvalue weighted by Crippen LogP contribution is -2.41. The monoisotopic (exact) mass is 399 g/mol. The molecule has 0 radical (unpaired) electrons. The van der Waals surface area contributed by atoms with E-state index in [0.29, 0.717) is 18.4 Å². The van der Waals surface area contributed by atoms with Crippen molar-refractivity contribution in [2.75, 3.05) is 33.2 Å². The molecule has 0 atom stereocenters. The predicted molar refractivity (Wildman–Crippen MR) is 117 cm³/mol. The average molecular weight is 400 g/mol. The van der Waals surface area contributed by atoms with Crippen LogP contribution < -0.4 is 5.32 Å². The molecule has 2 amide bonds. The number of hydrogen-bond donors (Lipinski definition) is 1. The summed E-state index contributed by atoms with van der Waals surface area (Å²) < 4.78 is 0. The third kappa shape index (κ3) is 6.56. The molecule has 1 aromatic carbocycles. The fourth-order valence-corrected chi connectivity index (χ4v) is 4.63. The molecule has 5 heteroatoms. The van der Waals surface area contributed by atoms with Gasteiger partial charge in [0, 0.05) is 44.2 Å². The van der Waals surface area contributed by atoms with E-state index in [1.807, 2.05) is 36.1 Å². The highest BCUT2D eigenvalue weighted by Gasteiger charge is 2.25. The van der Waals surface area contributed by atoms with Crippen molar-refractivity contribution in [2.24, 2.45) is 5.92 Å². The van der Waals surface area contributed by atoms with Gasteiger partial charge in [0.1, 0.15) is 0 Å². The smallest absolute Gasteiger partial charge is 0.253 e. The number of nitrogens with zero attached hydrogens (tertiary/aromatic N) is 2. The molecule has 2 aliphatic rings. The number of piperidine rings is 1. The fraction of sp³-hybridized carbons (Fsp3) is 0.667. The van der Waals surface area contributed by atoms with E-state index in [9.17, 15) is 9.59 Å². The molecule has 1 N–H and O–H groups in total. The summed E-state index contributed by atoms with van der Waals surface area (Å²) in [5, 5.41) is 3.10. The second kappa shape index (κ2) is 10.8. The first-order chi connectivity index (χ1) is 14.0. The molecule has 1 saturated heterocycles. The standard InChI is InChI=1S/C24H37N3O2/c1-19-8-10-21(11-9-19)24(29)27-15-12-20(13-16-27)18-23(28)25-14-17-26(2)22-6-4-3-5-7-22/h8-11,20,22H,3-7,12-18H2,1-2H3,(H,25,28). The molecule has 2 fully saturated rings. The van der Waals surface area contributed by atoms with E-state index >= 15 is 0 Å². The second-order valence-electron chi connectivity index (χ2n) is 8.93. The van der Waals surface area contributed by atoms with Gasteiger partial charge in [-0.3, -0.25) is 9.59 Å². The van der Waals surface area contributed by atoms with Crippen molar-refractivity contribution in [1.29, 1.82) is 0 Å². The number of likely N-dealkylation sites (N-methyl/N-ethyl adjacent to an activating group) is 1. The first kappa shape index (κ1) is 21.8. The van der Waals surface area contributed by atoms with Crippen molar-refractivity contribution in [3.63, 3.8) is 0 Å².